The van der Waals surface area contributed by atoms with E-state index in [0.717, 1.165) is 0 Å². The molecule has 1 aromatic carbocycles. The molecular weight excluding hydrogens is 401 g/mol. The highest BCUT2D eigenvalue weighted by atomic mass is 35.5. The molecular formula is C19H19Cl2N5O2. The van der Waals surface area contributed by atoms with Crippen LogP contribution >= 0.6 is 23.2 Å². The first-order valence-electron chi connectivity index (χ1n) is 8.46. The zero-order chi connectivity index (χ0) is 20.4. The molecule has 7 nitrogen and oxygen atoms in total. The van der Waals surface area contributed by atoms with Gasteiger partial charge < -0.3 is 15.7 Å². The molecule has 3 aromatic rings. The molecule has 0 fully saturated rings. The summed E-state index contributed by atoms with van der Waals surface area (Å²) in [4.78, 5) is 16.5. The molecule has 2 aromatic heterocycles. The highest BCUT2D eigenvalue weighted by Crippen LogP contribution is 2.30. The molecule has 0 radical (unpaired) electrons. The van der Waals surface area contributed by atoms with E-state index in [1.807, 2.05) is 0 Å². The first kappa shape index (κ1) is 20.1. The normalized spacial score (nSPS) is 11.9. The quantitative estimate of drug-likeness (QED) is 0.548. The molecule has 0 spiro atoms. The number of halogens is 2. The number of anilines is 1. The predicted molar refractivity (Wildman–Crippen MR) is 109 cm³/mol. The fourth-order valence-electron chi connectivity index (χ4n) is 2.88. The van der Waals surface area contributed by atoms with E-state index in [1.54, 1.807) is 50.4 Å². The standard InChI is InChI=1S/C19H19Cl2N5O2/c1-10-7-12(20)9-13(18(27)22-3)16(10)24-19(28)15-8-11(2)25-26(15)17-14(21)5-4-6-23-17/h4-9,19,24,28H,1-3H3,(H,22,27). The van der Waals surface area contributed by atoms with Crippen molar-refractivity contribution >= 4 is 34.8 Å². The SMILES string of the molecule is CNC(=O)c1cc(Cl)cc(C)c1NC(O)c1cc(C)nn1-c1ncccc1Cl. The third kappa shape index (κ3) is 3.96. The molecule has 0 aliphatic heterocycles. The Morgan fingerprint density at radius 3 is 2.68 bits per heavy atom. The molecule has 0 aliphatic rings. The van der Waals surface area contributed by atoms with E-state index in [-0.39, 0.29) is 5.91 Å². The number of benzene rings is 1. The number of aliphatic hydroxyl groups excluding tert-OH is 1. The Balaban J connectivity index is 2.03. The summed E-state index contributed by atoms with van der Waals surface area (Å²) in [6.07, 6.45) is 0.414. The van der Waals surface area contributed by atoms with Crippen LogP contribution in [0.25, 0.3) is 5.82 Å². The maximum Gasteiger partial charge on any atom is 0.253 e. The lowest BCUT2D eigenvalue weighted by Crippen LogP contribution is -2.22. The number of aromatic nitrogens is 3. The minimum Gasteiger partial charge on any atom is -0.368 e. The van der Waals surface area contributed by atoms with Gasteiger partial charge in [-0.25, -0.2) is 9.67 Å². The van der Waals surface area contributed by atoms with Crippen LogP contribution in [-0.2, 0) is 0 Å². The molecule has 146 valence electrons. The van der Waals surface area contributed by atoms with Crippen LogP contribution in [-0.4, -0.2) is 32.8 Å². The second-order valence-electron chi connectivity index (χ2n) is 6.20. The smallest absolute Gasteiger partial charge is 0.253 e. The van der Waals surface area contributed by atoms with Gasteiger partial charge in [0.1, 0.15) is 0 Å². The number of pyridine rings is 1. The summed E-state index contributed by atoms with van der Waals surface area (Å²) in [7, 11) is 1.53. The largest absolute Gasteiger partial charge is 0.368 e. The maximum absolute atomic E-state index is 12.3. The van der Waals surface area contributed by atoms with Crippen LogP contribution < -0.4 is 10.6 Å². The average molecular weight is 420 g/mol. The minimum atomic E-state index is -1.18. The van der Waals surface area contributed by atoms with Crippen molar-refractivity contribution < 1.29 is 9.90 Å². The molecule has 0 bridgehead atoms. The first-order chi connectivity index (χ1) is 13.3. The van der Waals surface area contributed by atoms with E-state index < -0.39 is 6.23 Å². The number of carbonyl (C=O) groups is 1. The molecule has 1 atom stereocenters. The lowest BCUT2D eigenvalue weighted by Gasteiger charge is -2.20. The summed E-state index contributed by atoms with van der Waals surface area (Å²) < 4.78 is 1.47. The van der Waals surface area contributed by atoms with Crippen LogP contribution in [0, 0.1) is 13.8 Å². The van der Waals surface area contributed by atoms with E-state index in [4.69, 9.17) is 23.2 Å². The number of aliphatic hydroxyl groups is 1. The van der Waals surface area contributed by atoms with Gasteiger partial charge in [0, 0.05) is 18.3 Å². The van der Waals surface area contributed by atoms with E-state index in [2.05, 4.69) is 20.7 Å². The Hall–Kier alpha value is -2.61. The number of nitrogens with zero attached hydrogens (tertiary/aromatic N) is 3. The van der Waals surface area contributed by atoms with Crippen molar-refractivity contribution in [1.29, 1.82) is 0 Å². The highest BCUT2D eigenvalue weighted by molar-refractivity contribution is 6.32. The Bertz CT molecular complexity index is 1040. The molecule has 1 amide bonds. The Labute approximate surface area is 172 Å². The third-order valence-electron chi connectivity index (χ3n) is 4.13. The van der Waals surface area contributed by atoms with Gasteiger partial charge in [-0.1, -0.05) is 23.2 Å². The van der Waals surface area contributed by atoms with Gasteiger partial charge in [0.25, 0.3) is 5.91 Å². The number of hydrogen-bond acceptors (Lipinski definition) is 5. The second-order valence-corrected chi connectivity index (χ2v) is 7.05. The molecule has 0 saturated heterocycles. The zero-order valence-electron chi connectivity index (χ0n) is 15.5. The summed E-state index contributed by atoms with van der Waals surface area (Å²) in [5, 5.41) is 21.7. The monoisotopic (exact) mass is 419 g/mol. The number of hydrogen-bond donors (Lipinski definition) is 3. The lowest BCUT2D eigenvalue weighted by atomic mass is 10.1. The van der Waals surface area contributed by atoms with Crippen LogP contribution in [0.2, 0.25) is 10.0 Å². The second kappa shape index (κ2) is 8.18. The van der Waals surface area contributed by atoms with Crippen molar-refractivity contribution in [3.05, 3.63) is 69.1 Å². The van der Waals surface area contributed by atoms with Crippen molar-refractivity contribution in [3.63, 3.8) is 0 Å². The topological polar surface area (TPSA) is 92.1 Å². The van der Waals surface area contributed by atoms with Gasteiger partial charge in [0.2, 0.25) is 0 Å². The molecule has 1 unspecified atom stereocenters. The van der Waals surface area contributed by atoms with Gasteiger partial charge in [-0.3, -0.25) is 4.79 Å². The molecule has 9 heteroatoms. The maximum atomic E-state index is 12.3. The molecule has 28 heavy (non-hydrogen) atoms. The van der Waals surface area contributed by atoms with E-state index >= 15 is 0 Å². The van der Waals surface area contributed by atoms with Gasteiger partial charge in [-0.15, -0.1) is 0 Å². The van der Waals surface area contributed by atoms with Gasteiger partial charge >= 0.3 is 0 Å². The van der Waals surface area contributed by atoms with Crippen molar-refractivity contribution in [2.45, 2.75) is 20.1 Å². The van der Waals surface area contributed by atoms with Crippen LogP contribution in [0.15, 0.2) is 36.5 Å². The average Bonchev–Trinajstić information content (AvgIpc) is 3.05. The fraction of sp³-hybridized carbons (Fsp3) is 0.211. The van der Waals surface area contributed by atoms with Crippen molar-refractivity contribution in [1.82, 2.24) is 20.1 Å². The minimum absolute atomic E-state index is 0.322. The zero-order valence-corrected chi connectivity index (χ0v) is 17.0. The van der Waals surface area contributed by atoms with Gasteiger partial charge in [0.05, 0.1) is 27.7 Å². The fourth-order valence-corrected chi connectivity index (χ4v) is 3.35. The summed E-state index contributed by atoms with van der Waals surface area (Å²) in [5.41, 5.74) is 2.61. The number of carbonyl (C=O) groups excluding carboxylic acids is 1. The van der Waals surface area contributed by atoms with Gasteiger partial charge in [0.15, 0.2) is 12.0 Å². The summed E-state index contributed by atoms with van der Waals surface area (Å²) in [6, 6.07) is 8.37. The molecule has 0 saturated carbocycles. The molecule has 0 aliphatic carbocycles. The predicted octanol–water partition coefficient (Wildman–Crippen LogP) is 3.65. The lowest BCUT2D eigenvalue weighted by molar-refractivity contribution is 0.0963. The first-order valence-corrected chi connectivity index (χ1v) is 9.21. The Morgan fingerprint density at radius 1 is 1.25 bits per heavy atom. The molecule has 3 N–H and O–H groups in total. The molecule has 3 rings (SSSR count). The van der Waals surface area contributed by atoms with Crippen molar-refractivity contribution in [2.24, 2.45) is 0 Å². The summed E-state index contributed by atoms with van der Waals surface area (Å²) in [6.45, 7) is 3.60. The van der Waals surface area contributed by atoms with Crippen LogP contribution in [0.1, 0.15) is 33.5 Å². The van der Waals surface area contributed by atoms with Crippen LogP contribution in [0.4, 0.5) is 5.69 Å². The van der Waals surface area contributed by atoms with E-state index in [1.165, 1.54) is 11.7 Å². The highest BCUT2D eigenvalue weighted by Gasteiger charge is 2.22. The van der Waals surface area contributed by atoms with Gasteiger partial charge in [-0.05, 0) is 49.7 Å². The summed E-state index contributed by atoms with van der Waals surface area (Å²) >= 11 is 12.3. The summed E-state index contributed by atoms with van der Waals surface area (Å²) in [5.74, 6) is 0.0743. The number of nitrogens with one attached hydrogen (secondary N) is 2. The van der Waals surface area contributed by atoms with Crippen LogP contribution in [0.3, 0.4) is 0 Å². The van der Waals surface area contributed by atoms with Crippen LogP contribution in [0.5, 0.6) is 0 Å². The van der Waals surface area contributed by atoms with Crippen molar-refractivity contribution in [2.75, 3.05) is 12.4 Å². The number of rotatable bonds is 5. The van der Waals surface area contributed by atoms with Crippen molar-refractivity contribution in [3.8, 4) is 5.82 Å². The third-order valence-corrected chi connectivity index (χ3v) is 4.65. The molecule has 2 heterocycles. The van der Waals surface area contributed by atoms with E-state index in [9.17, 15) is 9.90 Å². The van der Waals surface area contributed by atoms with Gasteiger partial charge in [-0.2, -0.15) is 5.10 Å². The Morgan fingerprint density at radius 2 is 2.00 bits per heavy atom. The van der Waals surface area contributed by atoms with E-state index in [0.29, 0.717) is 44.1 Å². The Kier molecular flexibility index (Phi) is 5.88. The number of aryl methyl sites for hydroxylation is 2. The number of amides is 1.